The van der Waals surface area contributed by atoms with E-state index in [0.717, 1.165) is 17.7 Å². The normalized spacial score (nSPS) is 10.6. The van der Waals surface area contributed by atoms with Crippen molar-refractivity contribution in [2.75, 3.05) is 0 Å². The average Bonchev–Trinajstić information content (AvgIpc) is 2.79. The smallest absolute Gasteiger partial charge is 0.115 e. The lowest BCUT2D eigenvalue weighted by atomic mass is 10.1. The fourth-order valence-corrected chi connectivity index (χ4v) is 1.84. The predicted octanol–water partition coefficient (Wildman–Crippen LogP) is 3.52. The molecule has 0 spiro atoms. The van der Waals surface area contributed by atoms with Gasteiger partial charge in [-0.25, -0.2) is 0 Å². The number of aromatic hydroxyl groups is 1. The molecule has 0 fully saturated rings. The van der Waals surface area contributed by atoms with E-state index < -0.39 is 0 Å². The standard InChI is InChI=1S/C14H18N2O/c1-2-3-4-5-12-10-14(16-15-12)11-6-8-13(17)9-7-11/h6-10,17H,2-5H2,1H3,(H,15,16). The van der Waals surface area contributed by atoms with Gasteiger partial charge in [0, 0.05) is 11.3 Å². The first-order chi connectivity index (χ1) is 8.29. The molecule has 1 aromatic carbocycles. The lowest BCUT2D eigenvalue weighted by Crippen LogP contribution is -1.84. The van der Waals surface area contributed by atoms with Crippen LogP contribution in [0.2, 0.25) is 0 Å². The SMILES string of the molecule is CCCCCc1cc(-c2ccc(O)cc2)n[nH]1. The van der Waals surface area contributed by atoms with Crippen LogP contribution in [0.3, 0.4) is 0 Å². The van der Waals surface area contributed by atoms with E-state index in [1.165, 1.54) is 25.0 Å². The van der Waals surface area contributed by atoms with E-state index in [0.29, 0.717) is 0 Å². The number of hydrogen-bond acceptors (Lipinski definition) is 2. The van der Waals surface area contributed by atoms with Crippen molar-refractivity contribution >= 4 is 0 Å². The van der Waals surface area contributed by atoms with Gasteiger partial charge in [0.25, 0.3) is 0 Å². The molecule has 1 aromatic heterocycles. The second-order valence-electron chi connectivity index (χ2n) is 4.28. The summed E-state index contributed by atoms with van der Waals surface area (Å²) in [5.41, 5.74) is 3.15. The van der Waals surface area contributed by atoms with Crippen molar-refractivity contribution in [1.29, 1.82) is 0 Å². The largest absolute Gasteiger partial charge is 0.508 e. The summed E-state index contributed by atoms with van der Waals surface area (Å²) in [6.45, 7) is 2.20. The van der Waals surface area contributed by atoms with Gasteiger partial charge in [-0.05, 0) is 43.2 Å². The molecule has 0 aliphatic heterocycles. The second-order valence-corrected chi connectivity index (χ2v) is 4.28. The van der Waals surface area contributed by atoms with Crippen LogP contribution < -0.4 is 0 Å². The van der Waals surface area contributed by atoms with E-state index in [-0.39, 0.29) is 5.75 Å². The van der Waals surface area contributed by atoms with Crippen molar-refractivity contribution in [3.8, 4) is 17.0 Å². The van der Waals surface area contributed by atoms with Gasteiger partial charge in [0.05, 0.1) is 5.69 Å². The van der Waals surface area contributed by atoms with Gasteiger partial charge in [0.2, 0.25) is 0 Å². The zero-order valence-corrected chi connectivity index (χ0v) is 10.1. The van der Waals surface area contributed by atoms with Gasteiger partial charge in [-0.15, -0.1) is 0 Å². The zero-order chi connectivity index (χ0) is 12.1. The van der Waals surface area contributed by atoms with Gasteiger partial charge in [-0.1, -0.05) is 19.8 Å². The highest BCUT2D eigenvalue weighted by atomic mass is 16.3. The van der Waals surface area contributed by atoms with Crippen LogP contribution in [0.25, 0.3) is 11.3 Å². The maximum absolute atomic E-state index is 9.22. The summed E-state index contributed by atoms with van der Waals surface area (Å²) in [5.74, 6) is 0.285. The van der Waals surface area contributed by atoms with Gasteiger partial charge in [-0.3, -0.25) is 5.10 Å². The summed E-state index contributed by atoms with van der Waals surface area (Å²) < 4.78 is 0. The minimum atomic E-state index is 0.285. The first-order valence-corrected chi connectivity index (χ1v) is 6.13. The summed E-state index contributed by atoms with van der Waals surface area (Å²) in [6, 6.07) is 9.20. The molecule has 0 atom stereocenters. The number of nitrogens with zero attached hydrogens (tertiary/aromatic N) is 1. The van der Waals surface area contributed by atoms with Crippen LogP contribution in [0.15, 0.2) is 30.3 Å². The molecule has 0 amide bonds. The number of nitrogens with one attached hydrogen (secondary N) is 1. The van der Waals surface area contributed by atoms with Crippen LogP contribution in [0.4, 0.5) is 0 Å². The van der Waals surface area contributed by atoms with Crippen molar-refractivity contribution in [2.24, 2.45) is 0 Å². The van der Waals surface area contributed by atoms with Gasteiger partial charge >= 0.3 is 0 Å². The monoisotopic (exact) mass is 230 g/mol. The first kappa shape index (κ1) is 11.7. The highest BCUT2D eigenvalue weighted by molar-refractivity contribution is 5.60. The van der Waals surface area contributed by atoms with Crippen LogP contribution >= 0.6 is 0 Å². The van der Waals surface area contributed by atoms with Crippen molar-refractivity contribution in [1.82, 2.24) is 10.2 Å². The fraction of sp³-hybridized carbons (Fsp3) is 0.357. The Bertz CT molecular complexity index is 459. The van der Waals surface area contributed by atoms with Crippen molar-refractivity contribution in [2.45, 2.75) is 32.6 Å². The molecule has 0 saturated carbocycles. The molecular weight excluding hydrogens is 212 g/mol. The molecule has 17 heavy (non-hydrogen) atoms. The topological polar surface area (TPSA) is 48.9 Å². The van der Waals surface area contributed by atoms with Crippen LogP contribution in [0, 0.1) is 0 Å². The number of hydrogen-bond donors (Lipinski definition) is 2. The maximum atomic E-state index is 9.22. The first-order valence-electron chi connectivity index (χ1n) is 6.13. The molecule has 0 aliphatic carbocycles. The van der Waals surface area contributed by atoms with E-state index in [1.807, 2.05) is 12.1 Å². The van der Waals surface area contributed by atoms with Crippen molar-refractivity contribution in [3.63, 3.8) is 0 Å². The van der Waals surface area contributed by atoms with E-state index >= 15 is 0 Å². The van der Waals surface area contributed by atoms with E-state index in [2.05, 4.69) is 23.2 Å². The third-order valence-electron chi connectivity index (χ3n) is 2.84. The van der Waals surface area contributed by atoms with Crippen molar-refractivity contribution < 1.29 is 5.11 Å². The Hall–Kier alpha value is -1.77. The highest BCUT2D eigenvalue weighted by Crippen LogP contribution is 2.21. The number of unbranched alkanes of at least 4 members (excludes halogenated alkanes) is 2. The molecule has 3 nitrogen and oxygen atoms in total. The van der Waals surface area contributed by atoms with E-state index in [9.17, 15) is 5.11 Å². The molecule has 0 aliphatic rings. The number of H-pyrrole nitrogens is 1. The number of aromatic amines is 1. The van der Waals surface area contributed by atoms with E-state index in [1.54, 1.807) is 12.1 Å². The summed E-state index contributed by atoms with van der Waals surface area (Å²) in [4.78, 5) is 0. The van der Waals surface area contributed by atoms with Gasteiger partial charge in [0.15, 0.2) is 0 Å². The number of phenols is 1. The number of aromatic nitrogens is 2. The Morgan fingerprint density at radius 1 is 1.18 bits per heavy atom. The number of benzene rings is 1. The second kappa shape index (κ2) is 5.53. The molecular formula is C14H18N2O. The van der Waals surface area contributed by atoms with E-state index in [4.69, 9.17) is 0 Å². The Morgan fingerprint density at radius 2 is 1.94 bits per heavy atom. The quantitative estimate of drug-likeness (QED) is 0.772. The van der Waals surface area contributed by atoms with Crippen LogP contribution in [-0.4, -0.2) is 15.3 Å². The maximum Gasteiger partial charge on any atom is 0.115 e. The molecule has 0 radical (unpaired) electrons. The Kier molecular flexibility index (Phi) is 3.81. The molecule has 0 saturated heterocycles. The Morgan fingerprint density at radius 3 is 2.65 bits per heavy atom. The number of rotatable bonds is 5. The minimum absolute atomic E-state index is 0.285. The number of phenolic OH excluding ortho intramolecular Hbond substituents is 1. The lowest BCUT2D eigenvalue weighted by Gasteiger charge is -1.96. The minimum Gasteiger partial charge on any atom is -0.508 e. The molecule has 2 aromatic rings. The molecule has 90 valence electrons. The van der Waals surface area contributed by atoms with Crippen LogP contribution in [-0.2, 0) is 6.42 Å². The van der Waals surface area contributed by atoms with Gasteiger partial charge < -0.3 is 5.11 Å². The molecule has 2 rings (SSSR count). The zero-order valence-electron chi connectivity index (χ0n) is 10.1. The van der Waals surface area contributed by atoms with Crippen LogP contribution in [0.5, 0.6) is 5.75 Å². The third kappa shape index (κ3) is 3.09. The molecule has 0 bridgehead atoms. The molecule has 3 heteroatoms. The van der Waals surface area contributed by atoms with Gasteiger partial charge in [0.1, 0.15) is 5.75 Å². The summed E-state index contributed by atoms with van der Waals surface area (Å²) >= 11 is 0. The van der Waals surface area contributed by atoms with Crippen molar-refractivity contribution in [3.05, 3.63) is 36.0 Å². The summed E-state index contributed by atoms with van der Waals surface area (Å²) in [7, 11) is 0. The Labute approximate surface area is 102 Å². The molecule has 1 heterocycles. The molecule has 2 N–H and O–H groups in total. The average molecular weight is 230 g/mol. The molecule has 0 unspecified atom stereocenters. The van der Waals surface area contributed by atoms with Gasteiger partial charge in [-0.2, -0.15) is 5.10 Å². The van der Waals surface area contributed by atoms with Crippen LogP contribution in [0.1, 0.15) is 31.9 Å². The highest BCUT2D eigenvalue weighted by Gasteiger charge is 2.03. The number of aryl methyl sites for hydroxylation is 1. The lowest BCUT2D eigenvalue weighted by molar-refractivity contribution is 0.475. The Balaban J connectivity index is 2.04. The summed E-state index contributed by atoms with van der Waals surface area (Å²) in [6.07, 6.45) is 4.75. The summed E-state index contributed by atoms with van der Waals surface area (Å²) in [5, 5.41) is 16.6. The third-order valence-corrected chi connectivity index (χ3v) is 2.84. The predicted molar refractivity (Wildman–Crippen MR) is 68.9 cm³/mol. The fourth-order valence-electron chi connectivity index (χ4n) is 1.84.